The fraction of sp³-hybridized carbons (Fsp3) is 0.103. The molecule has 310 valence electrons. The van der Waals surface area contributed by atoms with Crippen LogP contribution in [0.25, 0.3) is 89.2 Å². The van der Waals surface area contributed by atoms with Gasteiger partial charge in [-0.3, -0.25) is 4.57 Å². The first-order valence-electron chi connectivity index (χ1n) is 23.9. The van der Waals surface area contributed by atoms with Crippen LogP contribution in [-0.4, -0.2) is 14.0 Å². The van der Waals surface area contributed by atoms with Gasteiger partial charge in [-0.05, 0) is 93.7 Å². The molecule has 0 unspecified atom stereocenters. The molecular weight excluding hydrogens is 785 g/mol. The third-order valence-corrected chi connectivity index (χ3v) is 12.1. The van der Waals surface area contributed by atoms with Gasteiger partial charge in [0.15, 0.2) is 5.69 Å². The lowest BCUT2D eigenvalue weighted by Crippen LogP contribution is -2.28. The van der Waals surface area contributed by atoms with Crippen LogP contribution in [0.2, 0.25) is 0 Å². The van der Waals surface area contributed by atoms with Gasteiger partial charge in [-0.1, -0.05) is 148 Å². The molecule has 0 aliphatic rings. The zero-order valence-electron chi connectivity index (χ0n) is 41.2. The van der Waals surface area contributed by atoms with Crippen molar-refractivity contribution in [2.24, 2.45) is 7.05 Å². The molecule has 0 N–H and O–H groups in total. The van der Waals surface area contributed by atoms with Crippen molar-refractivity contribution in [2.45, 2.75) is 33.1 Å². The molecule has 6 heteroatoms. The van der Waals surface area contributed by atoms with E-state index >= 15 is 0 Å². The minimum absolute atomic E-state index is 0.0883. The van der Waals surface area contributed by atoms with E-state index in [2.05, 4.69) is 145 Å². The first kappa shape index (κ1) is 33.6. The van der Waals surface area contributed by atoms with E-state index in [-0.39, 0.29) is 35.1 Å². The molecular formula is C58H47N4O2+. The molecule has 0 fully saturated rings. The Kier molecular flexibility index (Phi) is 8.11. The summed E-state index contributed by atoms with van der Waals surface area (Å²) in [4.78, 5) is 4.91. The van der Waals surface area contributed by atoms with Crippen molar-refractivity contribution >= 4 is 27.5 Å². The topological polar surface area (TPSA) is 48.5 Å². The standard InChI is InChI=1S/C58H47N4O2/c1-38-31-54(59-35-50(38)41-21-13-8-14-22-41)62-51-30-27-43(58(2,3)4)33-49(51)48-29-28-45(34-52(48)62)64-44-24-15-23-42(32-44)53-36-63-57-56(60(5)37-61(53)57)55-46(39-17-9-6-10-18-39)25-16-26-47(55)40-19-11-7-12-20-40/h6-37H,1-5H3/q+1/i8D,13D,14D,21D,22D. The van der Waals surface area contributed by atoms with Gasteiger partial charge in [-0.15, -0.1) is 0 Å². The Morgan fingerprint density at radius 1 is 0.641 bits per heavy atom. The van der Waals surface area contributed by atoms with Crippen LogP contribution in [0.15, 0.2) is 199 Å². The van der Waals surface area contributed by atoms with E-state index in [0.717, 1.165) is 77.9 Å². The summed E-state index contributed by atoms with van der Waals surface area (Å²) < 4.78 is 61.5. The summed E-state index contributed by atoms with van der Waals surface area (Å²) in [6.07, 6.45) is 5.48. The molecule has 7 aromatic carbocycles. The first-order chi connectivity index (χ1) is 33.3. The van der Waals surface area contributed by atoms with E-state index in [4.69, 9.17) is 21.0 Å². The highest BCUT2D eigenvalue weighted by Gasteiger charge is 2.29. The maximum Gasteiger partial charge on any atom is 0.343 e. The molecule has 0 aliphatic heterocycles. The van der Waals surface area contributed by atoms with Gasteiger partial charge in [0.05, 0.1) is 24.9 Å². The van der Waals surface area contributed by atoms with Crippen molar-refractivity contribution in [1.82, 2.24) is 14.0 Å². The van der Waals surface area contributed by atoms with Gasteiger partial charge in [0.2, 0.25) is 5.69 Å². The molecule has 4 aromatic heterocycles. The molecule has 0 saturated carbocycles. The number of hydrogen-bond donors (Lipinski definition) is 0. The van der Waals surface area contributed by atoms with Gasteiger partial charge < -0.3 is 9.15 Å². The second kappa shape index (κ2) is 15.4. The Hall–Kier alpha value is -7.96. The van der Waals surface area contributed by atoms with Crippen molar-refractivity contribution in [2.75, 3.05) is 0 Å². The zero-order valence-corrected chi connectivity index (χ0v) is 36.2. The Bertz CT molecular complexity index is 3740. The van der Waals surface area contributed by atoms with E-state index < -0.39 is 6.04 Å². The first-order valence-corrected chi connectivity index (χ1v) is 21.4. The zero-order chi connectivity index (χ0) is 47.9. The van der Waals surface area contributed by atoms with Gasteiger partial charge >= 0.3 is 5.71 Å². The number of hydrogen-bond acceptors (Lipinski definition) is 3. The number of rotatable bonds is 8. The molecule has 11 aromatic rings. The summed E-state index contributed by atoms with van der Waals surface area (Å²) in [5.41, 5.74) is 13.2. The van der Waals surface area contributed by atoms with Crippen LogP contribution < -0.4 is 9.30 Å². The average molecular weight is 837 g/mol. The number of oxazole rings is 1. The second-order valence-electron chi connectivity index (χ2n) is 17.3. The molecule has 0 spiro atoms. The normalized spacial score (nSPS) is 12.9. The number of benzene rings is 7. The van der Waals surface area contributed by atoms with E-state index in [1.54, 1.807) is 12.5 Å². The third kappa shape index (κ3) is 6.75. The summed E-state index contributed by atoms with van der Waals surface area (Å²) in [6.45, 7) is 8.48. The molecule has 0 aliphatic carbocycles. The molecule has 0 bridgehead atoms. The number of imidazole rings is 1. The van der Waals surface area contributed by atoms with Crippen LogP contribution in [-0.2, 0) is 12.5 Å². The Balaban J connectivity index is 0.995. The molecule has 0 saturated heterocycles. The number of pyridine rings is 1. The number of aromatic nitrogens is 4. The monoisotopic (exact) mass is 836 g/mol. The highest BCUT2D eigenvalue weighted by Crippen LogP contribution is 2.43. The van der Waals surface area contributed by atoms with E-state index in [9.17, 15) is 0 Å². The fourth-order valence-electron chi connectivity index (χ4n) is 8.96. The second-order valence-corrected chi connectivity index (χ2v) is 17.3. The maximum absolute atomic E-state index is 8.64. The number of aryl methyl sites for hydroxylation is 2. The fourth-order valence-corrected chi connectivity index (χ4v) is 8.96. The summed E-state index contributed by atoms with van der Waals surface area (Å²) in [5.74, 6) is 1.90. The minimum atomic E-state index is -0.428. The van der Waals surface area contributed by atoms with Crippen LogP contribution in [0.5, 0.6) is 11.5 Å². The van der Waals surface area contributed by atoms with Gasteiger partial charge in [0.25, 0.3) is 6.33 Å². The van der Waals surface area contributed by atoms with Gasteiger partial charge in [-0.25, -0.2) is 9.55 Å². The summed E-state index contributed by atoms with van der Waals surface area (Å²) in [5, 5.41) is 2.08. The molecule has 0 atom stereocenters. The lowest BCUT2D eigenvalue weighted by molar-refractivity contribution is -0.659. The molecule has 11 rings (SSSR count). The van der Waals surface area contributed by atoms with Gasteiger partial charge in [0.1, 0.15) is 23.6 Å². The molecule has 6 nitrogen and oxygen atoms in total. The SMILES string of the molecule is [2H]c1c([2H])c([2H])c(-c2cnc(-n3c4ccc(C(C)(C)C)cc4c4ccc(Oc5cccc(-c6coc7c(-c8c(-c9ccccc9)cccc8-c8ccccc8)[n+](C)cn67)c5)cc43)cc2C)c([2H])c1[2H]. The lowest BCUT2D eigenvalue weighted by Gasteiger charge is -2.19. The molecule has 0 amide bonds. The highest BCUT2D eigenvalue weighted by atomic mass is 16.5. The summed E-state index contributed by atoms with van der Waals surface area (Å²) in [7, 11) is 2.06. The maximum atomic E-state index is 8.64. The van der Waals surface area contributed by atoms with Crippen molar-refractivity contribution in [3.63, 3.8) is 0 Å². The molecule has 0 radical (unpaired) electrons. The third-order valence-electron chi connectivity index (χ3n) is 12.1. The van der Waals surface area contributed by atoms with Crippen LogP contribution >= 0.6 is 0 Å². The van der Waals surface area contributed by atoms with Crippen molar-refractivity contribution in [3.8, 4) is 73.2 Å². The Labute approximate surface area is 380 Å². The predicted molar refractivity (Wildman–Crippen MR) is 260 cm³/mol. The smallest absolute Gasteiger partial charge is 0.343 e. The van der Waals surface area contributed by atoms with Crippen LogP contribution in [0.3, 0.4) is 0 Å². The van der Waals surface area contributed by atoms with Crippen LogP contribution in [0.4, 0.5) is 0 Å². The molecule has 64 heavy (non-hydrogen) atoms. The number of nitrogens with zero attached hydrogens (tertiary/aromatic N) is 4. The van der Waals surface area contributed by atoms with E-state index in [1.165, 1.54) is 5.56 Å². The number of ether oxygens (including phenoxy) is 1. The lowest BCUT2D eigenvalue weighted by atomic mass is 9.86. The van der Waals surface area contributed by atoms with E-state index in [1.807, 2.05) is 55.5 Å². The van der Waals surface area contributed by atoms with Crippen molar-refractivity contribution < 1.29 is 20.6 Å². The van der Waals surface area contributed by atoms with Crippen LogP contribution in [0, 0.1) is 6.92 Å². The summed E-state index contributed by atoms with van der Waals surface area (Å²) >= 11 is 0. The van der Waals surface area contributed by atoms with Gasteiger partial charge in [0, 0.05) is 39.7 Å². The average Bonchev–Trinajstić information content (AvgIpc) is 4.02. The predicted octanol–water partition coefficient (Wildman–Crippen LogP) is 14.6. The van der Waals surface area contributed by atoms with Gasteiger partial charge in [-0.2, -0.15) is 4.40 Å². The number of fused-ring (bicyclic) bond motifs is 4. The Morgan fingerprint density at radius 2 is 1.33 bits per heavy atom. The largest absolute Gasteiger partial charge is 0.457 e. The molecule has 4 heterocycles. The minimum Gasteiger partial charge on any atom is -0.457 e. The Morgan fingerprint density at radius 3 is 2.03 bits per heavy atom. The van der Waals surface area contributed by atoms with Crippen molar-refractivity contribution in [3.05, 3.63) is 206 Å². The highest BCUT2D eigenvalue weighted by molar-refractivity contribution is 6.10. The van der Waals surface area contributed by atoms with E-state index in [0.29, 0.717) is 22.9 Å². The summed E-state index contributed by atoms with van der Waals surface area (Å²) in [6, 6.07) is 48.2. The quantitative estimate of drug-likeness (QED) is 0.143. The van der Waals surface area contributed by atoms with Crippen molar-refractivity contribution in [1.29, 1.82) is 0 Å². The van der Waals surface area contributed by atoms with Crippen LogP contribution in [0.1, 0.15) is 38.8 Å².